The summed E-state index contributed by atoms with van der Waals surface area (Å²) in [6, 6.07) is 13.7. The molecule has 1 N–H and O–H groups in total. The molecule has 2 aromatic heterocycles. The van der Waals surface area contributed by atoms with E-state index >= 15 is 0 Å². The molecule has 9 heteroatoms. The van der Waals surface area contributed by atoms with Gasteiger partial charge < -0.3 is 9.15 Å². The van der Waals surface area contributed by atoms with Crippen LogP contribution in [0.15, 0.2) is 58.1 Å². The maximum atomic E-state index is 13.8. The number of halogens is 1. The number of rotatable bonds is 6. The highest BCUT2D eigenvalue weighted by Gasteiger charge is 2.13. The lowest BCUT2D eigenvalue weighted by molar-refractivity contribution is 0.415. The van der Waals surface area contributed by atoms with Crippen molar-refractivity contribution < 1.29 is 13.5 Å². The standard InChI is InChI=1S/C18H14FN5O2S/c1-25-12-8-6-11(7-9-12)17-23-21-15(26-17)10-27-18-20-16(22-24-18)13-4-2-3-5-14(13)19/h2-9H,10H2,1H3,(H,20,22,24). The second-order valence-corrected chi connectivity index (χ2v) is 6.41. The van der Waals surface area contributed by atoms with Crippen LogP contribution in [0.1, 0.15) is 5.89 Å². The summed E-state index contributed by atoms with van der Waals surface area (Å²) in [7, 11) is 1.61. The minimum Gasteiger partial charge on any atom is -0.497 e. The van der Waals surface area contributed by atoms with Gasteiger partial charge in [0.1, 0.15) is 11.6 Å². The molecule has 136 valence electrons. The fraction of sp³-hybridized carbons (Fsp3) is 0.111. The molecular weight excluding hydrogens is 369 g/mol. The molecule has 7 nitrogen and oxygen atoms in total. The van der Waals surface area contributed by atoms with E-state index in [9.17, 15) is 4.39 Å². The molecule has 0 fully saturated rings. The third-order valence-electron chi connectivity index (χ3n) is 3.72. The Morgan fingerprint density at radius 1 is 1.11 bits per heavy atom. The summed E-state index contributed by atoms with van der Waals surface area (Å²) in [5.74, 6) is 2.05. The number of aromatic nitrogens is 5. The number of thioether (sulfide) groups is 1. The molecule has 2 aromatic carbocycles. The minimum atomic E-state index is -0.355. The van der Waals surface area contributed by atoms with Crippen molar-refractivity contribution in [1.29, 1.82) is 0 Å². The van der Waals surface area contributed by atoms with Gasteiger partial charge in [-0.15, -0.1) is 15.3 Å². The normalized spacial score (nSPS) is 10.9. The van der Waals surface area contributed by atoms with E-state index in [1.54, 1.807) is 25.3 Å². The number of ether oxygens (including phenoxy) is 1. The van der Waals surface area contributed by atoms with Crippen molar-refractivity contribution in [3.8, 4) is 28.6 Å². The van der Waals surface area contributed by atoms with Crippen molar-refractivity contribution in [2.24, 2.45) is 0 Å². The first-order valence-electron chi connectivity index (χ1n) is 8.00. The van der Waals surface area contributed by atoms with E-state index in [2.05, 4.69) is 25.4 Å². The second kappa shape index (κ2) is 7.58. The predicted octanol–water partition coefficient (Wildman–Crippen LogP) is 3.96. The van der Waals surface area contributed by atoms with E-state index in [-0.39, 0.29) is 5.82 Å². The third-order valence-corrected chi connectivity index (χ3v) is 4.55. The van der Waals surface area contributed by atoms with Gasteiger partial charge in [-0.3, -0.25) is 5.10 Å². The van der Waals surface area contributed by atoms with Crippen LogP contribution in [0.25, 0.3) is 22.8 Å². The Morgan fingerprint density at radius 2 is 1.93 bits per heavy atom. The molecular formula is C18H14FN5O2S. The molecule has 0 saturated carbocycles. The van der Waals surface area contributed by atoms with Crippen LogP contribution in [0.2, 0.25) is 0 Å². The molecule has 4 rings (SSSR count). The number of H-pyrrole nitrogens is 1. The fourth-order valence-corrected chi connectivity index (χ4v) is 3.01. The van der Waals surface area contributed by atoms with E-state index in [0.29, 0.717) is 34.1 Å². The van der Waals surface area contributed by atoms with Gasteiger partial charge in [0.05, 0.1) is 18.4 Å². The maximum absolute atomic E-state index is 13.8. The summed E-state index contributed by atoms with van der Waals surface area (Å²) in [4.78, 5) is 4.29. The molecule has 0 saturated heterocycles. The van der Waals surface area contributed by atoms with Crippen LogP contribution < -0.4 is 4.74 Å². The number of benzene rings is 2. The van der Waals surface area contributed by atoms with E-state index in [0.717, 1.165) is 11.3 Å². The van der Waals surface area contributed by atoms with Crippen molar-refractivity contribution in [2.45, 2.75) is 10.9 Å². The summed E-state index contributed by atoms with van der Waals surface area (Å²) in [5.41, 5.74) is 1.18. The highest BCUT2D eigenvalue weighted by molar-refractivity contribution is 7.98. The van der Waals surface area contributed by atoms with Crippen molar-refractivity contribution in [3.05, 3.63) is 60.2 Å². The molecule has 4 aromatic rings. The molecule has 0 radical (unpaired) electrons. The van der Waals surface area contributed by atoms with E-state index in [1.807, 2.05) is 24.3 Å². The summed E-state index contributed by atoms with van der Waals surface area (Å²) in [6.07, 6.45) is 0. The van der Waals surface area contributed by atoms with Gasteiger partial charge in [-0.25, -0.2) is 9.37 Å². The van der Waals surface area contributed by atoms with Crippen molar-refractivity contribution in [3.63, 3.8) is 0 Å². The number of nitrogens with one attached hydrogen (secondary N) is 1. The van der Waals surface area contributed by atoms with Gasteiger partial charge in [-0.1, -0.05) is 23.9 Å². The van der Waals surface area contributed by atoms with Crippen LogP contribution in [0.4, 0.5) is 4.39 Å². The zero-order chi connectivity index (χ0) is 18.6. The summed E-state index contributed by atoms with van der Waals surface area (Å²) >= 11 is 1.32. The van der Waals surface area contributed by atoms with Crippen LogP contribution in [-0.4, -0.2) is 32.5 Å². The lowest BCUT2D eigenvalue weighted by Gasteiger charge is -1.99. The Morgan fingerprint density at radius 3 is 2.70 bits per heavy atom. The molecule has 0 unspecified atom stereocenters. The van der Waals surface area contributed by atoms with Crippen LogP contribution in [-0.2, 0) is 5.75 Å². The monoisotopic (exact) mass is 383 g/mol. The summed E-state index contributed by atoms with van der Waals surface area (Å²) in [6.45, 7) is 0. The van der Waals surface area contributed by atoms with Crippen molar-refractivity contribution in [2.75, 3.05) is 7.11 Å². The minimum absolute atomic E-state index is 0.355. The van der Waals surface area contributed by atoms with Gasteiger partial charge in [0.15, 0.2) is 5.82 Å². The average Bonchev–Trinajstić information content (AvgIpc) is 3.36. The first kappa shape index (κ1) is 17.2. The van der Waals surface area contributed by atoms with E-state index in [4.69, 9.17) is 9.15 Å². The molecule has 0 aliphatic heterocycles. The number of methoxy groups -OCH3 is 1. The lowest BCUT2D eigenvalue weighted by Crippen LogP contribution is -1.85. The number of hydrogen-bond acceptors (Lipinski definition) is 7. The zero-order valence-corrected chi connectivity index (χ0v) is 15.0. The Balaban J connectivity index is 1.42. The van der Waals surface area contributed by atoms with Crippen LogP contribution >= 0.6 is 11.8 Å². The Labute approximate surface area is 158 Å². The van der Waals surface area contributed by atoms with E-state index < -0.39 is 0 Å². The fourth-order valence-electron chi connectivity index (χ4n) is 2.37. The Kier molecular flexibility index (Phi) is 4.84. The second-order valence-electron chi connectivity index (χ2n) is 5.46. The topological polar surface area (TPSA) is 89.7 Å². The molecule has 0 amide bonds. The van der Waals surface area contributed by atoms with Crippen LogP contribution in [0.3, 0.4) is 0 Å². The number of aromatic amines is 1. The molecule has 2 heterocycles. The summed E-state index contributed by atoms with van der Waals surface area (Å²) in [5, 5.41) is 15.4. The van der Waals surface area contributed by atoms with Gasteiger partial charge in [0.2, 0.25) is 16.9 Å². The van der Waals surface area contributed by atoms with Crippen molar-refractivity contribution in [1.82, 2.24) is 25.4 Å². The highest BCUT2D eigenvalue weighted by Crippen LogP contribution is 2.25. The van der Waals surface area contributed by atoms with Gasteiger partial charge in [0.25, 0.3) is 0 Å². The summed E-state index contributed by atoms with van der Waals surface area (Å²) < 4.78 is 24.6. The lowest BCUT2D eigenvalue weighted by atomic mass is 10.2. The van der Waals surface area contributed by atoms with Crippen LogP contribution in [0, 0.1) is 5.82 Å². The van der Waals surface area contributed by atoms with Gasteiger partial charge in [0, 0.05) is 5.56 Å². The molecule has 0 aliphatic rings. The largest absolute Gasteiger partial charge is 0.497 e. The SMILES string of the molecule is COc1ccc(-c2nnc(CSc3n[nH]c(-c4ccccc4F)n3)o2)cc1. The predicted molar refractivity (Wildman–Crippen MR) is 97.6 cm³/mol. The number of nitrogens with zero attached hydrogens (tertiary/aromatic N) is 4. The van der Waals surface area contributed by atoms with Crippen molar-refractivity contribution >= 4 is 11.8 Å². The molecule has 27 heavy (non-hydrogen) atoms. The molecule has 0 spiro atoms. The van der Waals surface area contributed by atoms with Gasteiger partial charge >= 0.3 is 0 Å². The molecule has 0 bridgehead atoms. The third kappa shape index (κ3) is 3.82. The highest BCUT2D eigenvalue weighted by atomic mass is 32.2. The smallest absolute Gasteiger partial charge is 0.247 e. The van der Waals surface area contributed by atoms with Gasteiger partial charge in [-0.05, 0) is 36.4 Å². The van der Waals surface area contributed by atoms with E-state index in [1.165, 1.54) is 17.8 Å². The molecule has 0 aliphatic carbocycles. The first-order valence-corrected chi connectivity index (χ1v) is 8.98. The Hall–Kier alpha value is -3.20. The number of hydrogen-bond donors (Lipinski definition) is 1. The zero-order valence-electron chi connectivity index (χ0n) is 14.2. The quantitative estimate of drug-likeness (QED) is 0.504. The Bertz CT molecular complexity index is 1050. The first-order chi connectivity index (χ1) is 13.2. The average molecular weight is 383 g/mol. The maximum Gasteiger partial charge on any atom is 0.247 e. The van der Waals surface area contributed by atoms with Gasteiger partial charge in [-0.2, -0.15) is 0 Å². The molecule has 0 atom stereocenters. The van der Waals surface area contributed by atoms with Crippen LogP contribution in [0.5, 0.6) is 5.75 Å².